The first kappa shape index (κ1) is 26.9. The van der Waals surface area contributed by atoms with Crippen LogP contribution in [0.4, 0.5) is 24.8 Å². The third kappa shape index (κ3) is 5.56. The number of carboxylic acid groups (broad SMARTS) is 1. The number of carbonyl (C=O) groups is 1. The Balaban J connectivity index is 1.44. The maximum absolute atomic E-state index is 13.9. The first-order valence-corrected chi connectivity index (χ1v) is 14.0. The maximum Gasteiger partial charge on any atom is 0.418 e. The van der Waals surface area contributed by atoms with Crippen molar-refractivity contribution in [1.29, 1.82) is 0 Å². The van der Waals surface area contributed by atoms with Gasteiger partial charge in [-0.1, -0.05) is 30.3 Å². The number of nitrogens with one attached hydrogen (secondary N) is 1. The van der Waals surface area contributed by atoms with Crippen molar-refractivity contribution in [3.63, 3.8) is 0 Å². The summed E-state index contributed by atoms with van der Waals surface area (Å²) in [4.78, 5) is 21.7. The molecule has 206 valence electrons. The molecule has 0 amide bonds. The van der Waals surface area contributed by atoms with Crippen LogP contribution < -0.4 is 9.62 Å². The van der Waals surface area contributed by atoms with Crippen molar-refractivity contribution in [2.75, 3.05) is 22.7 Å². The van der Waals surface area contributed by atoms with Gasteiger partial charge in [-0.25, -0.2) is 9.97 Å². The summed E-state index contributed by atoms with van der Waals surface area (Å²) < 4.78 is 70.4. The SMILES string of the molecule is CC1(C(=O)O)CCN(c2cccc(S(=O)(=O)Nc3ccc(C(F)(F)F)c(-c4ccccc4C4CC4)n3)n2)CC1. The van der Waals surface area contributed by atoms with Crippen molar-refractivity contribution >= 4 is 27.6 Å². The highest BCUT2D eigenvalue weighted by Crippen LogP contribution is 2.46. The molecule has 0 unspecified atom stereocenters. The normalized spacial score (nSPS) is 17.6. The number of halogens is 3. The fraction of sp³-hybridized carbons (Fsp3) is 0.370. The van der Waals surface area contributed by atoms with Crippen LogP contribution in [0.1, 0.15) is 49.7 Å². The number of aromatic nitrogens is 2. The Morgan fingerprint density at radius 1 is 1.03 bits per heavy atom. The second-order valence-electron chi connectivity index (χ2n) is 10.2. The molecule has 8 nitrogen and oxygen atoms in total. The minimum absolute atomic E-state index is 0.152. The summed E-state index contributed by atoms with van der Waals surface area (Å²) in [6.07, 6.45) is -2.18. The van der Waals surface area contributed by atoms with Crippen LogP contribution in [-0.4, -0.2) is 42.6 Å². The number of anilines is 2. The van der Waals surface area contributed by atoms with E-state index in [1.807, 2.05) is 4.90 Å². The van der Waals surface area contributed by atoms with E-state index in [9.17, 15) is 31.5 Å². The molecule has 1 aliphatic carbocycles. The number of hydrogen-bond donors (Lipinski definition) is 2. The fourth-order valence-electron chi connectivity index (χ4n) is 4.78. The lowest BCUT2D eigenvalue weighted by Crippen LogP contribution is -2.43. The van der Waals surface area contributed by atoms with Gasteiger partial charge in [0.05, 0.1) is 16.7 Å². The van der Waals surface area contributed by atoms with Crippen molar-refractivity contribution in [3.05, 3.63) is 65.7 Å². The van der Waals surface area contributed by atoms with Crippen molar-refractivity contribution in [2.24, 2.45) is 5.41 Å². The number of nitrogens with zero attached hydrogens (tertiary/aromatic N) is 3. The third-order valence-corrected chi connectivity index (χ3v) is 8.62. The Morgan fingerprint density at radius 3 is 2.36 bits per heavy atom. The van der Waals surface area contributed by atoms with E-state index in [1.54, 1.807) is 37.3 Å². The first-order valence-electron chi connectivity index (χ1n) is 12.5. The van der Waals surface area contributed by atoms with E-state index in [1.165, 1.54) is 12.1 Å². The molecule has 1 aromatic carbocycles. The molecule has 0 bridgehead atoms. The second-order valence-corrected chi connectivity index (χ2v) is 11.9. The standard InChI is InChI=1S/C27H27F3N4O4S/c1-26(25(35)36)13-15-34(16-14-26)22-7-4-8-23(32-22)39(37,38)33-21-12-11-20(27(28,29)30)24(31-21)19-6-3-2-5-18(19)17-9-10-17/h2-8,11-12,17H,9-10,13-16H2,1H3,(H,31,33)(H,35,36). The molecule has 12 heteroatoms. The number of aliphatic carboxylic acids is 1. The molecule has 3 heterocycles. The van der Waals surface area contributed by atoms with Crippen LogP contribution in [0.5, 0.6) is 0 Å². The number of carboxylic acids is 1. The van der Waals surface area contributed by atoms with Crippen molar-refractivity contribution in [3.8, 4) is 11.3 Å². The molecule has 0 radical (unpaired) electrons. The number of benzene rings is 1. The van der Waals surface area contributed by atoms with E-state index in [0.717, 1.165) is 30.5 Å². The van der Waals surface area contributed by atoms with Crippen molar-refractivity contribution in [2.45, 2.75) is 49.7 Å². The molecule has 2 fully saturated rings. The van der Waals surface area contributed by atoms with Gasteiger partial charge >= 0.3 is 12.1 Å². The summed E-state index contributed by atoms with van der Waals surface area (Å²) in [5, 5.41) is 9.13. The van der Waals surface area contributed by atoms with E-state index in [2.05, 4.69) is 14.7 Å². The molecule has 39 heavy (non-hydrogen) atoms. The average Bonchev–Trinajstić information content (AvgIpc) is 3.74. The van der Waals surface area contributed by atoms with Crippen LogP contribution in [0.15, 0.2) is 59.6 Å². The predicted molar refractivity (Wildman–Crippen MR) is 139 cm³/mol. The summed E-state index contributed by atoms with van der Waals surface area (Å²) in [5.41, 5.74) is -1.05. The van der Waals surface area contributed by atoms with Crippen LogP contribution >= 0.6 is 0 Å². The lowest BCUT2D eigenvalue weighted by molar-refractivity contribution is -0.149. The quantitative estimate of drug-likeness (QED) is 0.391. The van der Waals surface area contributed by atoms with Gasteiger partial charge in [0, 0.05) is 18.7 Å². The molecule has 5 rings (SSSR count). The third-order valence-electron chi connectivity index (χ3n) is 7.36. The molecule has 1 aliphatic heterocycles. The van der Waals surface area contributed by atoms with Gasteiger partial charge in [-0.2, -0.15) is 21.6 Å². The second kappa shape index (κ2) is 9.82. The van der Waals surface area contributed by atoms with Gasteiger partial charge in [0.15, 0.2) is 5.03 Å². The van der Waals surface area contributed by atoms with E-state index in [-0.39, 0.29) is 22.5 Å². The molecule has 0 atom stereocenters. The van der Waals surface area contributed by atoms with Crippen LogP contribution in [0.2, 0.25) is 0 Å². The number of piperidine rings is 1. The van der Waals surface area contributed by atoms with Crippen LogP contribution in [-0.2, 0) is 21.0 Å². The highest BCUT2D eigenvalue weighted by Gasteiger charge is 2.38. The van der Waals surface area contributed by atoms with Gasteiger partial charge in [-0.3, -0.25) is 9.52 Å². The van der Waals surface area contributed by atoms with Crippen LogP contribution in [0, 0.1) is 5.41 Å². The summed E-state index contributed by atoms with van der Waals surface area (Å²) in [5.74, 6) is -0.617. The Morgan fingerprint density at radius 2 is 1.72 bits per heavy atom. The zero-order valence-corrected chi connectivity index (χ0v) is 21.9. The van der Waals surface area contributed by atoms with E-state index >= 15 is 0 Å². The molecule has 2 aliphatic rings. The first-order chi connectivity index (χ1) is 18.4. The molecular formula is C27H27F3N4O4S. The topological polar surface area (TPSA) is 112 Å². The van der Waals surface area contributed by atoms with Gasteiger partial charge < -0.3 is 10.0 Å². The summed E-state index contributed by atoms with van der Waals surface area (Å²) in [6, 6.07) is 13.0. The van der Waals surface area contributed by atoms with Gasteiger partial charge in [-0.05, 0) is 68.4 Å². The van der Waals surface area contributed by atoms with Crippen molar-refractivity contribution in [1.82, 2.24) is 9.97 Å². The van der Waals surface area contributed by atoms with E-state index < -0.39 is 33.1 Å². The largest absolute Gasteiger partial charge is 0.481 e. The molecule has 2 N–H and O–H groups in total. The van der Waals surface area contributed by atoms with Gasteiger partial charge in [0.1, 0.15) is 11.6 Å². The molecule has 2 aromatic heterocycles. The van der Waals surface area contributed by atoms with Gasteiger partial charge in [-0.15, -0.1) is 0 Å². The Hall–Kier alpha value is -3.67. The van der Waals surface area contributed by atoms with Crippen LogP contribution in [0.3, 0.4) is 0 Å². The number of rotatable bonds is 7. The molecule has 0 spiro atoms. The maximum atomic E-state index is 13.9. The monoisotopic (exact) mass is 560 g/mol. The van der Waals surface area contributed by atoms with E-state index in [4.69, 9.17) is 0 Å². The molecule has 3 aromatic rings. The minimum atomic E-state index is -4.68. The molecule has 1 saturated heterocycles. The Kier molecular flexibility index (Phi) is 6.78. The fourth-order valence-corrected chi connectivity index (χ4v) is 5.74. The number of alkyl halides is 3. The summed E-state index contributed by atoms with van der Waals surface area (Å²) in [6.45, 7) is 2.45. The zero-order chi connectivity index (χ0) is 28.0. The smallest absolute Gasteiger partial charge is 0.418 e. The zero-order valence-electron chi connectivity index (χ0n) is 21.1. The number of hydrogen-bond acceptors (Lipinski definition) is 6. The van der Waals surface area contributed by atoms with E-state index in [0.29, 0.717) is 37.3 Å². The van der Waals surface area contributed by atoms with Crippen LogP contribution in [0.25, 0.3) is 11.3 Å². The predicted octanol–water partition coefficient (Wildman–Crippen LogP) is 5.53. The van der Waals surface area contributed by atoms with Gasteiger partial charge in [0.25, 0.3) is 10.0 Å². The van der Waals surface area contributed by atoms with Crippen molar-refractivity contribution < 1.29 is 31.5 Å². The Bertz CT molecular complexity index is 1520. The molecular weight excluding hydrogens is 533 g/mol. The summed E-state index contributed by atoms with van der Waals surface area (Å²) >= 11 is 0. The average molecular weight is 561 g/mol. The minimum Gasteiger partial charge on any atom is -0.481 e. The lowest BCUT2D eigenvalue weighted by Gasteiger charge is -2.37. The number of pyridine rings is 2. The Labute approximate surface area is 224 Å². The summed E-state index contributed by atoms with van der Waals surface area (Å²) in [7, 11) is -4.30. The highest BCUT2D eigenvalue weighted by molar-refractivity contribution is 7.92. The lowest BCUT2D eigenvalue weighted by atomic mass is 9.80. The highest BCUT2D eigenvalue weighted by atomic mass is 32.2. The molecule has 1 saturated carbocycles. The number of sulfonamides is 1. The van der Waals surface area contributed by atoms with Gasteiger partial charge in [0.2, 0.25) is 0 Å².